The molecule has 0 spiro atoms. The zero-order chi connectivity index (χ0) is 19.6. The zero-order valence-corrected chi connectivity index (χ0v) is 15.5. The van der Waals surface area contributed by atoms with Gasteiger partial charge in [0.15, 0.2) is 11.5 Å². The first-order valence-corrected chi connectivity index (χ1v) is 9.24. The summed E-state index contributed by atoms with van der Waals surface area (Å²) in [5.74, 6) is 1.85. The van der Waals surface area contributed by atoms with Gasteiger partial charge in [-0.2, -0.15) is 13.2 Å². The SMILES string of the molecule is C[C@H]1[C@H](C)CCC[C@H]1N(Cc1ccc2c(c1)OCO2)C(=O)NCC(F)(F)F. The molecule has 3 rings (SSSR count). The van der Waals surface area contributed by atoms with Crippen molar-refractivity contribution in [1.82, 2.24) is 10.2 Å². The average Bonchev–Trinajstić information content (AvgIpc) is 3.07. The maximum atomic E-state index is 12.6. The molecule has 0 saturated heterocycles. The number of ether oxygens (including phenoxy) is 2. The van der Waals surface area contributed by atoms with E-state index in [4.69, 9.17) is 9.47 Å². The number of hydrogen-bond acceptors (Lipinski definition) is 3. The molecule has 27 heavy (non-hydrogen) atoms. The van der Waals surface area contributed by atoms with E-state index in [1.54, 1.807) is 17.0 Å². The smallest absolute Gasteiger partial charge is 0.405 e. The molecule has 8 heteroatoms. The topological polar surface area (TPSA) is 50.8 Å². The first-order chi connectivity index (χ1) is 12.7. The van der Waals surface area contributed by atoms with Gasteiger partial charge in [0, 0.05) is 12.6 Å². The molecule has 0 aromatic heterocycles. The fourth-order valence-electron chi connectivity index (χ4n) is 3.85. The van der Waals surface area contributed by atoms with Crippen LogP contribution in [0.15, 0.2) is 18.2 Å². The molecule has 150 valence electrons. The normalized spacial score (nSPS) is 24.6. The lowest BCUT2D eigenvalue weighted by Gasteiger charge is -2.41. The van der Waals surface area contributed by atoms with Gasteiger partial charge in [-0.25, -0.2) is 4.79 Å². The van der Waals surface area contributed by atoms with E-state index in [9.17, 15) is 18.0 Å². The Morgan fingerprint density at radius 3 is 2.70 bits per heavy atom. The summed E-state index contributed by atoms with van der Waals surface area (Å²) in [6.45, 7) is 3.23. The molecular weight excluding hydrogens is 361 g/mol. The number of nitrogens with zero attached hydrogens (tertiary/aromatic N) is 1. The van der Waals surface area contributed by atoms with E-state index in [0.29, 0.717) is 17.4 Å². The van der Waals surface area contributed by atoms with Crippen molar-refractivity contribution in [3.05, 3.63) is 23.8 Å². The Bertz CT molecular complexity index is 681. The van der Waals surface area contributed by atoms with E-state index >= 15 is 0 Å². The molecular formula is C19H25F3N2O3. The molecule has 1 fully saturated rings. The number of alkyl halides is 3. The van der Waals surface area contributed by atoms with Crippen molar-refractivity contribution < 1.29 is 27.4 Å². The zero-order valence-electron chi connectivity index (χ0n) is 15.5. The van der Waals surface area contributed by atoms with Gasteiger partial charge in [0.25, 0.3) is 0 Å². The van der Waals surface area contributed by atoms with E-state index in [0.717, 1.165) is 24.8 Å². The number of halogens is 3. The molecule has 1 saturated carbocycles. The van der Waals surface area contributed by atoms with Gasteiger partial charge >= 0.3 is 12.2 Å². The number of rotatable bonds is 4. The van der Waals surface area contributed by atoms with Crippen molar-refractivity contribution >= 4 is 6.03 Å². The summed E-state index contributed by atoms with van der Waals surface area (Å²) in [6, 6.07) is 4.57. The molecule has 2 aliphatic rings. The van der Waals surface area contributed by atoms with Crippen LogP contribution in [0.2, 0.25) is 0 Å². The molecule has 3 atom stereocenters. The molecule has 0 bridgehead atoms. The second kappa shape index (κ2) is 7.86. The van der Waals surface area contributed by atoms with Crippen LogP contribution in [-0.4, -0.2) is 36.5 Å². The fourth-order valence-corrected chi connectivity index (χ4v) is 3.85. The Labute approximate surface area is 156 Å². The second-order valence-corrected chi connectivity index (χ2v) is 7.42. The third-order valence-electron chi connectivity index (χ3n) is 5.55. The lowest BCUT2D eigenvalue weighted by atomic mass is 9.77. The number of carbonyl (C=O) groups excluding carboxylic acids is 1. The molecule has 5 nitrogen and oxygen atoms in total. The monoisotopic (exact) mass is 386 g/mol. The van der Waals surface area contributed by atoms with E-state index in [1.165, 1.54) is 0 Å². The van der Waals surface area contributed by atoms with Gasteiger partial charge in [-0.3, -0.25) is 0 Å². The highest BCUT2D eigenvalue weighted by atomic mass is 19.4. The number of nitrogens with one attached hydrogen (secondary N) is 1. The van der Waals surface area contributed by atoms with Gasteiger partial charge < -0.3 is 19.7 Å². The minimum Gasteiger partial charge on any atom is -0.454 e. The van der Waals surface area contributed by atoms with Crippen LogP contribution in [0.25, 0.3) is 0 Å². The Hall–Kier alpha value is -2.12. The third-order valence-corrected chi connectivity index (χ3v) is 5.55. The summed E-state index contributed by atoms with van der Waals surface area (Å²) < 4.78 is 48.4. The number of hydrogen-bond donors (Lipinski definition) is 1. The van der Waals surface area contributed by atoms with Gasteiger partial charge in [-0.15, -0.1) is 0 Å². The van der Waals surface area contributed by atoms with E-state index in [2.05, 4.69) is 13.8 Å². The highest BCUT2D eigenvalue weighted by molar-refractivity contribution is 5.74. The van der Waals surface area contributed by atoms with Crippen molar-refractivity contribution in [2.24, 2.45) is 11.8 Å². The second-order valence-electron chi connectivity index (χ2n) is 7.42. The highest BCUT2D eigenvalue weighted by Crippen LogP contribution is 2.36. The highest BCUT2D eigenvalue weighted by Gasteiger charge is 2.36. The summed E-state index contributed by atoms with van der Waals surface area (Å²) >= 11 is 0. The van der Waals surface area contributed by atoms with Crippen LogP contribution < -0.4 is 14.8 Å². The minimum atomic E-state index is -4.44. The molecule has 0 radical (unpaired) electrons. The summed E-state index contributed by atoms with van der Waals surface area (Å²) in [5.41, 5.74) is 0.798. The average molecular weight is 386 g/mol. The molecule has 1 aromatic rings. The van der Waals surface area contributed by atoms with Crippen molar-refractivity contribution in [1.29, 1.82) is 0 Å². The van der Waals surface area contributed by atoms with Crippen LogP contribution >= 0.6 is 0 Å². The van der Waals surface area contributed by atoms with Crippen molar-refractivity contribution in [3.8, 4) is 11.5 Å². The number of fused-ring (bicyclic) bond motifs is 1. The van der Waals surface area contributed by atoms with E-state index < -0.39 is 18.8 Å². The van der Waals surface area contributed by atoms with Gasteiger partial charge in [0.05, 0.1) is 0 Å². The summed E-state index contributed by atoms with van der Waals surface area (Å²) in [4.78, 5) is 14.2. The number of urea groups is 1. The van der Waals surface area contributed by atoms with Crippen molar-refractivity contribution in [2.45, 2.75) is 51.9 Å². The minimum absolute atomic E-state index is 0.104. The first kappa shape index (κ1) is 19.6. The van der Waals surface area contributed by atoms with E-state index in [1.807, 2.05) is 11.4 Å². The number of benzene rings is 1. The van der Waals surface area contributed by atoms with Gasteiger partial charge in [-0.1, -0.05) is 32.8 Å². The molecule has 0 unspecified atom stereocenters. The van der Waals surface area contributed by atoms with Gasteiger partial charge in [0.2, 0.25) is 6.79 Å². The largest absolute Gasteiger partial charge is 0.454 e. The predicted molar refractivity (Wildman–Crippen MR) is 93.5 cm³/mol. The lowest BCUT2D eigenvalue weighted by Crippen LogP contribution is -2.52. The van der Waals surface area contributed by atoms with Crippen LogP contribution in [-0.2, 0) is 6.54 Å². The third kappa shape index (κ3) is 4.78. The molecule has 1 N–H and O–H groups in total. The molecule has 1 aliphatic carbocycles. The van der Waals surface area contributed by atoms with Crippen molar-refractivity contribution in [2.75, 3.05) is 13.3 Å². The van der Waals surface area contributed by atoms with Crippen LogP contribution in [0.5, 0.6) is 11.5 Å². The fraction of sp³-hybridized carbons (Fsp3) is 0.632. The first-order valence-electron chi connectivity index (χ1n) is 9.24. The Morgan fingerprint density at radius 1 is 1.22 bits per heavy atom. The maximum absolute atomic E-state index is 12.6. The number of amides is 2. The predicted octanol–water partition coefficient (Wildman–Crippen LogP) is 4.31. The van der Waals surface area contributed by atoms with Crippen LogP contribution in [0.3, 0.4) is 0 Å². The Balaban J connectivity index is 1.79. The molecule has 2 amide bonds. The van der Waals surface area contributed by atoms with Crippen LogP contribution in [0.4, 0.5) is 18.0 Å². The lowest BCUT2D eigenvalue weighted by molar-refractivity contribution is -0.123. The molecule has 1 aliphatic heterocycles. The quantitative estimate of drug-likeness (QED) is 0.839. The van der Waals surface area contributed by atoms with Crippen LogP contribution in [0, 0.1) is 11.8 Å². The maximum Gasteiger partial charge on any atom is 0.405 e. The Kier molecular flexibility index (Phi) is 5.72. The van der Waals surface area contributed by atoms with Crippen LogP contribution in [0.1, 0.15) is 38.7 Å². The van der Waals surface area contributed by atoms with E-state index in [-0.39, 0.29) is 25.3 Å². The summed E-state index contributed by atoms with van der Waals surface area (Å²) in [5, 5.41) is 2.03. The van der Waals surface area contributed by atoms with Gasteiger partial charge in [0.1, 0.15) is 6.54 Å². The van der Waals surface area contributed by atoms with Crippen molar-refractivity contribution in [3.63, 3.8) is 0 Å². The molecule has 1 aromatic carbocycles. The molecule has 1 heterocycles. The number of carbonyl (C=O) groups is 1. The summed E-state index contributed by atoms with van der Waals surface area (Å²) in [7, 11) is 0. The summed E-state index contributed by atoms with van der Waals surface area (Å²) in [6.07, 6.45) is -1.62. The standard InChI is InChI=1S/C19H25F3N2O3/c1-12-4-3-5-15(13(12)2)24(18(25)23-10-19(20,21)22)9-14-6-7-16-17(8-14)27-11-26-16/h6-8,12-13,15H,3-5,9-11H2,1-2H3,(H,23,25)/t12-,13+,15-/m1/s1. The Morgan fingerprint density at radius 2 is 1.96 bits per heavy atom. The van der Waals surface area contributed by atoms with Gasteiger partial charge in [-0.05, 0) is 36.0 Å².